The van der Waals surface area contributed by atoms with Crippen LogP contribution in [0.2, 0.25) is 0 Å². The monoisotopic (exact) mass is 425 g/mol. The Kier molecular flexibility index (Phi) is 5.84. The van der Waals surface area contributed by atoms with Crippen molar-refractivity contribution in [3.8, 4) is 0 Å². The van der Waals surface area contributed by atoms with Gasteiger partial charge in [-0.1, -0.05) is 17.7 Å². The second kappa shape index (κ2) is 8.34. The van der Waals surface area contributed by atoms with Crippen LogP contribution in [0.4, 0.5) is 17.1 Å². The van der Waals surface area contributed by atoms with E-state index >= 15 is 0 Å². The van der Waals surface area contributed by atoms with E-state index in [1.54, 1.807) is 24.3 Å². The number of nitrogens with one attached hydrogen (secondary N) is 1. The number of carbonyl (C=O) groups is 1. The normalized spacial score (nSPS) is 11.0. The van der Waals surface area contributed by atoms with Gasteiger partial charge in [0.05, 0.1) is 15.5 Å². The van der Waals surface area contributed by atoms with Crippen LogP contribution in [0.1, 0.15) is 15.9 Å². The first kappa shape index (κ1) is 21.0. The predicted octanol–water partition coefficient (Wildman–Crippen LogP) is 3.98. The predicted molar refractivity (Wildman–Crippen MR) is 114 cm³/mol. The van der Waals surface area contributed by atoms with Crippen molar-refractivity contribution in [1.29, 1.82) is 0 Å². The Morgan fingerprint density at radius 3 is 2.03 bits per heavy atom. The Labute approximate surface area is 174 Å². The van der Waals surface area contributed by atoms with E-state index in [4.69, 9.17) is 0 Å². The van der Waals surface area contributed by atoms with Crippen LogP contribution in [0.15, 0.2) is 77.7 Å². The van der Waals surface area contributed by atoms with Crippen LogP contribution in [0.25, 0.3) is 0 Å². The summed E-state index contributed by atoms with van der Waals surface area (Å²) in [7, 11) is -2.28. The summed E-state index contributed by atoms with van der Waals surface area (Å²) in [4.78, 5) is 22.7. The van der Waals surface area contributed by atoms with Gasteiger partial charge in [0, 0.05) is 30.4 Å². The molecule has 0 saturated carbocycles. The lowest BCUT2D eigenvalue weighted by Crippen LogP contribution is -2.26. The number of rotatable bonds is 6. The maximum absolute atomic E-state index is 12.8. The number of anilines is 2. The molecular formula is C21H19N3O5S. The highest BCUT2D eigenvalue weighted by Crippen LogP contribution is 2.23. The molecular weight excluding hydrogens is 406 g/mol. The summed E-state index contributed by atoms with van der Waals surface area (Å²) in [6.07, 6.45) is 0. The Morgan fingerprint density at radius 2 is 1.50 bits per heavy atom. The molecule has 9 heteroatoms. The first-order valence-corrected chi connectivity index (χ1v) is 10.3. The number of nitro benzene ring substituents is 1. The Balaban J connectivity index is 1.74. The van der Waals surface area contributed by atoms with Crippen LogP contribution in [0.5, 0.6) is 0 Å². The average molecular weight is 425 g/mol. The highest BCUT2D eigenvalue weighted by atomic mass is 32.2. The van der Waals surface area contributed by atoms with E-state index in [2.05, 4.69) is 5.32 Å². The lowest BCUT2D eigenvalue weighted by Gasteiger charge is -2.20. The van der Waals surface area contributed by atoms with Crippen molar-refractivity contribution < 1.29 is 18.1 Å². The Morgan fingerprint density at radius 1 is 0.933 bits per heavy atom. The second-order valence-corrected chi connectivity index (χ2v) is 8.56. The van der Waals surface area contributed by atoms with Gasteiger partial charge in [0.25, 0.3) is 21.6 Å². The van der Waals surface area contributed by atoms with Gasteiger partial charge >= 0.3 is 0 Å². The number of benzene rings is 3. The molecule has 0 atom stereocenters. The van der Waals surface area contributed by atoms with E-state index in [-0.39, 0.29) is 10.6 Å². The first-order valence-electron chi connectivity index (χ1n) is 8.90. The largest absolute Gasteiger partial charge is 0.322 e. The third-order valence-electron chi connectivity index (χ3n) is 4.51. The highest BCUT2D eigenvalue weighted by Gasteiger charge is 2.21. The van der Waals surface area contributed by atoms with Crippen molar-refractivity contribution in [2.24, 2.45) is 0 Å². The number of aryl methyl sites for hydroxylation is 1. The molecule has 3 aromatic rings. The highest BCUT2D eigenvalue weighted by molar-refractivity contribution is 7.92. The minimum atomic E-state index is -3.72. The molecule has 154 valence electrons. The number of carbonyl (C=O) groups excluding carboxylic acids is 1. The fourth-order valence-corrected chi connectivity index (χ4v) is 3.90. The zero-order chi connectivity index (χ0) is 21.9. The number of nitro groups is 1. The van der Waals surface area contributed by atoms with Gasteiger partial charge in [-0.25, -0.2) is 8.42 Å². The van der Waals surface area contributed by atoms with Crippen LogP contribution in [0.3, 0.4) is 0 Å². The molecule has 0 aliphatic heterocycles. The topological polar surface area (TPSA) is 110 Å². The first-order chi connectivity index (χ1) is 14.2. The zero-order valence-electron chi connectivity index (χ0n) is 16.3. The van der Waals surface area contributed by atoms with Crippen LogP contribution in [-0.2, 0) is 10.0 Å². The summed E-state index contributed by atoms with van der Waals surface area (Å²) < 4.78 is 26.7. The molecule has 0 fully saturated rings. The van der Waals surface area contributed by atoms with Crippen LogP contribution < -0.4 is 9.62 Å². The standard InChI is InChI=1S/C21H19N3O5S/c1-15-3-13-20(14-4-15)30(28,29)23(2)18-9-5-16(6-10-18)21(25)22-17-7-11-19(12-8-17)24(26)27/h3-14H,1-2H3,(H,22,25). The van der Waals surface area contributed by atoms with Gasteiger partial charge in [-0.05, 0) is 55.5 Å². The van der Waals surface area contributed by atoms with Gasteiger partial charge in [0.15, 0.2) is 0 Å². The third-order valence-corrected chi connectivity index (χ3v) is 6.31. The van der Waals surface area contributed by atoms with Crippen molar-refractivity contribution >= 4 is 33.0 Å². The quantitative estimate of drug-likeness (QED) is 0.474. The van der Waals surface area contributed by atoms with Gasteiger partial charge in [-0.3, -0.25) is 19.2 Å². The summed E-state index contributed by atoms with van der Waals surface area (Å²) in [5.41, 5.74) is 2.02. The molecule has 8 nitrogen and oxygen atoms in total. The summed E-state index contributed by atoms with van der Waals surface area (Å²) in [5.74, 6) is -0.417. The zero-order valence-corrected chi connectivity index (χ0v) is 17.1. The molecule has 3 rings (SSSR count). The van der Waals surface area contributed by atoms with E-state index in [0.29, 0.717) is 16.9 Å². The summed E-state index contributed by atoms with van der Waals surface area (Å²) >= 11 is 0. The second-order valence-electron chi connectivity index (χ2n) is 6.59. The molecule has 0 aromatic heterocycles. The van der Waals surface area contributed by atoms with Gasteiger partial charge in [0.2, 0.25) is 0 Å². The summed E-state index contributed by atoms with van der Waals surface area (Å²) in [5, 5.41) is 13.3. The van der Waals surface area contributed by atoms with E-state index in [1.807, 2.05) is 6.92 Å². The molecule has 0 unspecified atom stereocenters. The minimum absolute atomic E-state index is 0.0739. The van der Waals surface area contributed by atoms with E-state index in [9.17, 15) is 23.3 Å². The maximum atomic E-state index is 12.8. The molecule has 3 aromatic carbocycles. The SMILES string of the molecule is Cc1ccc(S(=O)(=O)N(C)c2ccc(C(=O)Nc3ccc([N+](=O)[O-])cc3)cc2)cc1. The number of hydrogen-bond acceptors (Lipinski definition) is 5. The molecule has 1 amide bonds. The number of hydrogen-bond donors (Lipinski definition) is 1. The fourth-order valence-electron chi connectivity index (χ4n) is 2.70. The van der Waals surface area contributed by atoms with Gasteiger partial charge in [0.1, 0.15) is 0 Å². The summed E-state index contributed by atoms with van der Waals surface area (Å²) in [6, 6.07) is 18.1. The Bertz CT molecular complexity index is 1170. The number of nitrogens with zero attached hydrogens (tertiary/aromatic N) is 2. The fraction of sp³-hybridized carbons (Fsp3) is 0.0952. The molecule has 0 aliphatic carbocycles. The van der Waals surface area contributed by atoms with E-state index < -0.39 is 20.9 Å². The van der Waals surface area contributed by atoms with Crippen molar-refractivity contribution in [2.45, 2.75) is 11.8 Å². The van der Waals surface area contributed by atoms with Crippen LogP contribution >= 0.6 is 0 Å². The van der Waals surface area contributed by atoms with Gasteiger partial charge in [-0.2, -0.15) is 0 Å². The van der Waals surface area contributed by atoms with Crippen molar-refractivity contribution in [1.82, 2.24) is 0 Å². The van der Waals surface area contributed by atoms with Crippen LogP contribution in [-0.4, -0.2) is 26.3 Å². The average Bonchev–Trinajstić information content (AvgIpc) is 2.74. The molecule has 0 aliphatic rings. The molecule has 0 bridgehead atoms. The lowest BCUT2D eigenvalue weighted by atomic mass is 10.2. The lowest BCUT2D eigenvalue weighted by molar-refractivity contribution is -0.384. The molecule has 0 spiro atoms. The number of amides is 1. The number of non-ortho nitro benzene ring substituents is 1. The minimum Gasteiger partial charge on any atom is -0.322 e. The van der Waals surface area contributed by atoms with Crippen molar-refractivity contribution in [2.75, 3.05) is 16.7 Å². The number of sulfonamides is 1. The molecule has 0 radical (unpaired) electrons. The molecule has 1 N–H and O–H groups in total. The van der Waals surface area contributed by atoms with Gasteiger partial charge in [-0.15, -0.1) is 0 Å². The van der Waals surface area contributed by atoms with Gasteiger partial charge < -0.3 is 5.32 Å². The van der Waals surface area contributed by atoms with Crippen molar-refractivity contribution in [3.63, 3.8) is 0 Å². The molecule has 0 heterocycles. The molecule has 30 heavy (non-hydrogen) atoms. The van der Waals surface area contributed by atoms with E-state index in [0.717, 1.165) is 9.87 Å². The van der Waals surface area contributed by atoms with Crippen molar-refractivity contribution in [3.05, 3.63) is 94.0 Å². The molecule has 0 saturated heterocycles. The summed E-state index contributed by atoms with van der Waals surface area (Å²) in [6.45, 7) is 1.88. The van der Waals surface area contributed by atoms with Crippen LogP contribution in [0, 0.1) is 17.0 Å². The maximum Gasteiger partial charge on any atom is 0.269 e. The Hall–Kier alpha value is -3.72. The smallest absolute Gasteiger partial charge is 0.269 e. The third kappa shape index (κ3) is 4.47. The van der Waals surface area contributed by atoms with E-state index in [1.165, 1.54) is 55.6 Å².